The van der Waals surface area contributed by atoms with Gasteiger partial charge in [0, 0.05) is 37.8 Å². The Hall–Kier alpha value is -1.39. The molecule has 0 saturated carbocycles. The van der Waals surface area contributed by atoms with Crippen molar-refractivity contribution >= 4 is 11.6 Å². The van der Waals surface area contributed by atoms with Gasteiger partial charge in [0.1, 0.15) is 0 Å². The fourth-order valence-electron chi connectivity index (χ4n) is 2.13. The van der Waals surface area contributed by atoms with Gasteiger partial charge in [-0.3, -0.25) is 4.79 Å². The lowest BCUT2D eigenvalue weighted by Gasteiger charge is -2.16. The highest BCUT2D eigenvalue weighted by atomic mass is 16.3. The summed E-state index contributed by atoms with van der Waals surface area (Å²) < 4.78 is 0. The molecule has 1 aromatic rings. The third-order valence-corrected chi connectivity index (χ3v) is 3.11. The number of carbonyl (C=O) groups excluding carboxylic acids is 1. The lowest BCUT2D eigenvalue weighted by molar-refractivity contribution is -0.117. The molecule has 0 spiro atoms. The standard InChI is InChI=1S/C13H17NO3/c15-6-5-10-1-3-12(4-2-10)14-8-11(9-16)7-13(14)17/h1-4,11,15-16H,5-9H2. The van der Waals surface area contributed by atoms with E-state index in [4.69, 9.17) is 10.2 Å². The second kappa shape index (κ2) is 5.29. The largest absolute Gasteiger partial charge is 0.396 e. The van der Waals surface area contributed by atoms with Crippen molar-refractivity contribution in [3.05, 3.63) is 29.8 Å². The van der Waals surface area contributed by atoms with E-state index in [0.29, 0.717) is 19.4 Å². The minimum Gasteiger partial charge on any atom is -0.396 e. The molecule has 1 saturated heterocycles. The summed E-state index contributed by atoms with van der Waals surface area (Å²) in [6.07, 6.45) is 1.06. The molecule has 1 fully saturated rings. The van der Waals surface area contributed by atoms with E-state index in [2.05, 4.69) is 0 Å². The van der Waals surface area contributed by atoms with E-state index in [1.165, 1.54) is 0 Å². The molecule has 1 aliphatic rings. The molecule has 92 valence electrons. The molecule has 1 amide bonds. The summed E-state index contributed by atoms with van der Waals surface area (Å²) in [7, 11) is 0. The molecule has 1 heterocycles. The van der Waals surface area contributed by atoms with Crippen LogP contribution in [0.4, 0.5) is 5.69 Å². The molecule has 1 unspecified atom stereocenters. The van der Waals surface area contributed by atoms with Crippen LogP contribution >= 0.6 is 0 Å². The van der Waals surface area contributed by atoms with Crippen molar-refractivity contribution < 1.29 is 15.0 Å². The lowest BCUT2D eigenvalue weighted by atomic mass is 10.1. The van der Waals surface area contributed by atoms with Crippen LogP contribution in [-0.4, -0.2) is 35.9 Å². The van der Waals surface area contributed by atoms with Crippen LogP contribution in [0.5, 0.6) is 0 Å². The first-order chi connectivity index (χ1) is 8.24. The highest BCUT2D eigenvalue weighted by Crippen LogP contribution is 2.25. The minimum absolute atomic E-state index is 0.0552. The van der Waals surface area contributed by atoms with Gasteiger partial charge in [-0.05, 0) is 24.1 Å². The summed E-state index contributed by atoms with van der Waals surface area (Å²) in [5, 5.41) is 17.9. The number of amides is 1. The number of hydrogen-bond acceptors (Lipinski definition) is 3. The number of carbonyl (C=O) groups is 1. The number of anilines is 1. The predicted molar refractivity (Wildman–Crippen MR) is 64.8 cm³/mol. The smallest absolute Gasteiger partial charge is 0.227 e. The van der Waals surface area contributed by atoms with Crippen molar-refractivity contribution in [3.63, 3.8) is 0 Å². The van der Waals surface area contributed by atoms with E-state index in [0.717, 1.165) is 11.3 Å². The molecule has 2 rings (SSSR count). The van der Waals surface area contributed by atoms with E-state index in [-0.39, 0.29) is 25.0 Å². The van der Waals surface area contributed by atoms with Gasteiger partial charge in [0.05, 0.1) is 0 Å². The maximum Gasteiger partial charge on any atom is 0.227 e. The molecule has 0 bridgehead atoms. The molecule has 4 heteroatoms. The Bertz CT molecular complexity index is 388. The fourth-order valence-corrected chi connectivity index (χ4v) is 2.13. The van der Waals surface area contributed by atoms with E-state index >= 15 is 0 Å². The van der Waals surface area contributed by atoms with Crippen molar-refractivity contribution in [1.29, 1.82) is 0 Å². The van der Waals surface area contributed by atoms with Crippen molar-refractivity contribution in [3.8, 4) is 0 Å². The molecule has 17 heavy (non-hydrogen) atoms. The molecular weight excluding hydrogens is 218 g/mol. The van der Waals surface area contributed by atoms with E-state index in [9.17, 15) is 4.79 Å². The number of rotatable bonds is 4. The Morgan fingerprint density at radius 1 is 1.24 bits per heavy atom. The van der Waals surface area contributed by atoms with E-state index < -0.39 is 0 Å². The van der Waals surface area contributed by atoms with Crippen molar-refractivity contribution in [2.75, 3.05) is 24.7 Å². The Labute approximate surface area is 100 Å². The fraction of sp³-hybridized carbons (Fsp3) is 0.462. The Morgan fingerprint density at radius 2 is 1.94 bits per heavy atom. The molecule has 2 N–H and O–H groups in total. The number of hydrogen-bond donors (Lipinski definition) is 2. The van der Waals surface area contributed by atoms with Gasteiger partial charge >= 0.3 is 0 Å². The lowest BCUT2D eigenvalue weighted by Crippen LogP contribution is -2.24. The third-order valence-electron chi connectivity index (χ3n) is 3.11. The van der Waals surface area contributed by atoms with Gasteiger partial charge in [-0.15, -0.1) is 0 Å². The first-order valence-electron chi connectivity index (χ1n) is 5.85. The first-order valence-corrected chi connectivity index (χ1v) is 5.85. The highest BCUT2D eigenvalue weighted by Gasteiger charge is 2.29. The molecular formula is C13H17NO3. The number of aliphatic hydroxyl groups excluding tert-OH is 2. The zero-order valence-electron chi connectivity index (χ0n) is 9.67. The quantitative estimate of drug-likeness (QED) is 0.802. The molecule has 0 aliphatic carbocycles. The molecule has 0 radical (unpaired) electrons. The van der Waals surface area contributed by atoms with Gasteiger partial charge in [-0.2, -0.15) is 0 Å². The topological polar surface area (TPSA) is 60.8 Å². The van der Waals surface area contributed by atoms with Crippen molar-refractivity contribution in [2.45, 2.75) is 12.8 Å². The summed E-state index contributed by atoms with van der Waals surface area (Å²) in [6, 6.07) is 7.63. The van der Waals surface area contributed by atoms with Crippen LogP contribution in [0.2, 0.25) is 0 Å². The Kier molecular flexibility index (Phi) is 3.76. The van der Waals surface area contributed by atoms with Gasteiger partial charge in [0.2, 0.25) is 5.91 Å². The second-order valence-electron chi connectivity index (χ2n) is 4.40. The summed E-state index contributed by atoms with van der Waals surface area (Å²) in [4.78, 5) is 13.4. The van der Waals surface area contributed by atoms with Crippen LogP contribution < -0.4 is 4.90 Å². The zero-order chi connectivity index (χ0) is 12.3. The van der Waals surface area contributed by atoms with Crippen LogP contribution in [0, 0.1) is 5.92 Å². The summed E-state index contributed by atoms with van der Waals surface area (Å²) in [5.41, 5.74) is 1.93. The van der Waals surface area contributed by atoms with Gasteiger partial charge in [0.15, 0.2) is 0 Å². The summed E-state index contributed by atoms with van der Waals surface area (Å²) in [6.45, 7) is 0.786. The number of aliphatic hydroxyl groups is 2. The summed E-state index contributed by atoms with van der Waals surface area (Å²) >= 11 is 0. The molecule has 1 aliphatic heterocycles. The maximum absolute atomic E-state index is 11.7. The van der Waals surface area contributed by atoms with Crippen LogP contribution in [0.1, 0.15) is 12.0 Å². The van der Waals surface area contributed by atoms with Gasteiger partial charge in [0.25, 0.3) is 0 Å². The predicted octanol–water partition coefficient (Wildman–Crippen LogP) is 0.567. The molecule has 0 aromatic heterocycles. The van der Waals surface area contributed by atoms with Crippen molar-refractivity contribution in [1.82, 2.24) is 0 Å². The van der Waals surface area contributed by atoms with Crippen molar-refractivity contribution in [2.24, 2.45) is 5.92 Å². The average molecular weight is 235 g/mol. The average Bonchev–Trinajstić information content (AvgIpc) is 2.72. The van der Waals surface area contributed by atoms with Gasteiger partial charge in [-0.25, -0.2) is 0 Å². The number of benzene rings is 1. The Morgan fingerprint density at radius 3 is 2.47 bits per heavy atom. The van der Waals surface area contributed by atoms with Crippen LogP contribution in [0.25, 0.3) is 0 Å². The summed E-state index contributed by atoms with van der Waals surface area (Å²) in [5.74, 6) is 0.124. The van der Waals surface area contributed by atoms with Gasteiger partial charge < -0.3 is 15.1 Å². The molecule has 4 nitrogen and oxygen atoms in total. The molecule has 1 atom stereocenters. The number of nitrogens with zero attached hydrogens (tertiary/aromatic N) is 1. The van der Waals surface area contributed by atoms with Gasteiger partial charge in [-0.1, -0.05) is 12.1 Å². The normalized spacial score (nSPS) is 20.0. The minimum atomic E-state index is 0.0552. The third kappa shape index (κ3) is 2.65. The Balaban J connectivity index is 2.09. The molecule has 1 aromatic carbocycles. The van der Waals surface area contributed by atoms with E-state index in [1.54, 1.807) is 4.90 Å². The highest BCUT2D eigenvalue weighted by molar-refractivity contribution is 5.95. The van der Waals surface area contributed by atoms with Crippen LogP contribution in [0.3, 0.4) is 0 Å². The van der Waals surface area contributed by atoms with Crippen LogP contribution in [-0.2, 0) is 11.2 Å². The monoisotopic (exact) mass is 235 g/mol. The SMILES string of the molecule is O=C1CC(CO)CN1c1ccc(CCO)cc1. The maximum atomic E-state index is 11.7. The zero-order valence-corrected chi connectivity index (χ0v) is 9.67. The first kappa shape index (κ1) is 12.1. The second-order valence-corrected chi connectivity index (χ2v) is 4.40. The van der Waals surface area contributed by atoms with Crippen LogP contribution in [0.15, 0.2) is 24.3 Å². The van der Waals surface area contributed by atoms with E-state index in [1.807, 2.05) is 24.3 Å².